The largest absolute Gasteiger partial charge is 0.504 e. The number of hydrogen-bond acceptors (Lipinski definition) is 3. The average Bonchev–Trinajstić information content (AvgIpc) is 2.75. The average molecular weight is 332 g/mol. The highest BCUT2D eigenvalue weighted by Gasteiger charge is 2.62. The second-order valence-electron chi connectivity index (χ2n) is 8.77. The summed E-state index contributed by atoms with van der Waals surface area (Å²) in [6, 6.07) is 0. The molecule has 0 radical (unpaired) electrons. The zero-order valence-electron chi connectivity index (χ0n) is 14.4. The molecule has 4 heteroatoms. The number of aliphatic hydroxyl groups excluding tert-OH is 1. The normalized spacial score (nSPS) is 48.2. The molecule has 0 aliphatic heterocycles. The summed E-state index contributed by atoms with van der Waals surface area (Å²) in [5.41, 5.74) is 0.717. The van der Waals surface area contributed by atoms with E-state index in [0.29, 0.717) is 32.1 Å². The van der Waals surface area contributed by atoms with Crippen LogP contribution in [-0.4, -0.2) is 22.8 Å². The van der Waals surface area contributed by atoms with Gasteiger partial charge in [-0.15, -0.1) is 0 Å². The third kappa shape index (κ3) is 1.77. The predicted molar refractivity (Wildman–Crippen MR) is 88.1 cm³/mol. The number of aliphatic hydroxyl groups is 1. The van der Waals surface area contributed by atoms with Crippen molar-refractivity contribution >= 4 is 11.6 Å². The van der Waals surface area contributed by atoms with Crippen molar-refractivity contribution in [1.82, 2.24) is 0 Å². The summed E-state index contributed by atoms with van der Waals surface area (Å²) in [7, 11) is 0. The fourth-order valence-electron chi connectivity index (χ4n) is 6.47. The summed E-state index contributed by atoms with van der Waals surface area (Å²) in [5.74, 6) is 0.0347. The van der Waals surface area contributed by atoms with Crippen LogP contribution in [0.4, 0.5) is 4.39 Å². The zero-order chi connectivity index (χ0) is 17.4. The Balaban J connectivity index is 1.79. The van der Waals surface area contributed by atoms with Gasteiger partial charge >= 0.3 is 0 Å². The van der Waals surface area contributed by atoms with Gasteiger partial charge < -0.3 is 5.11 Å². The first-order valence-electron chi connectivity index (χ1n) is 9.03. The number of hydrogen-bond donors (Lipinski definition) is 1. The van der Waals surface area contributed by atoms with Gasteiger partial charge in [0.25, 0.3) is 0 Å². The Morgan fingerprint density at radius 2 is 1.88 bits per heavy atom. The van der Waals surface area contributed by atoms with Gasteiger partial charge in [0.2, 0.25) is 0 Å². The van der Waals surface area contributed by atoms with Crippen molar-refractivity contribution in [2.45, 2.75) is 58.5 Å². The van der Waals surface area contributed by atoms with Gasteiger partial charge in [-0.3, -0.25) is 9.59 Å². The van der Waals surface area contributed by atoms with Crippen molar-refractivity contribution in [1.29, 1.82) is 0 Å². The van der Waals surface area contributed by atoms with E-state index in [-0.39, 0.29) is 40.5 Å². The van der Waals surface area contributed by atoms with E-state index in [1.807, 2.05) is 6.92 Å². The van der Waals surface area contributed by atoms with E-state index >= 15 is 0 Å². The summed E-state index contributed by atoms with van der Waals surface area (Å²) in [6.07, 6.45) is 2.28. The Morgan fingerprint density at radius 3 is 2.58 bits per heavy atom. The van der Waals surface area contributed by atoms with Gasteiger partial charge in [-0.25, -0.2) is 4.39 Å². The van der Waals surface area contributed by atoms with E-state index in [4.69, 9.17) is 0 Å². The molecule has 0 aromatic heterocycles. The third-order valence-electron chi connectivity index (χ3n) is 7.73. The van der Waals surface area contributed by atoms with Crippen molar-refractivity contribution < 1.29 is 19.1 Å². The number of rotatable bonds is 0. The van der Waals surface area contributed by atoms with Crippen molar-refractivity contribution in [3.8, 4) is 0 Å². The van der Waals surface area contributed by atoms with Crippen LogP contribution in [0, 0.1) is 28.6 Å². The number of fused-ring (bicyclic) bond motifs is 5. The first-order chi connectivity index (χ1) is 11.2. The summed E-state index contributed by atoms with van der Waals surface area (Å²) in [6.45, 7) is 8.21. The van der Waals surface area contributed by atoms with Gasteiger partial charge in [-0.1, -0.05) is 20.4 Å². The first-order valence-corrected chi connectivity index (χ1v) is 9.03. The van der Waals surface area contributed by atoms with Gasteiger partial charge in [-0.2, -0.15) is 0 Å². The van der Waals surface area contributed by atoms with Gasteiger partial charge in [0, 0.05) is 22.8 Å². The number of ketones is 2. The van der Waals surface area contributed by atoms with E-state index in [1.165, 1.54) is 0 Å². The smallest absolute Gasteiger partial charge is 0.197 e. The van der Waals surface area contributed by atoms with Crippen LogP contribution in [0.1, 0.15) is 52.4 Å². The lowest BCUT2D eigenvalue weighted by molar-refractivity contribution is -0.134. The molecule has 0 unspecified atom stereocenters. The Morgan fingerprint density at radius 1 is 1.17 bits per heavy atom. The fraction of sp³-hybridized carbons (Fsp3) is 0.700. The van der Waals surface area contributed by atoms with Crippen LogP contribution in [0.25, 0.3) is 0 Å². The van der Waals surface area contributed by atoms with Crippen LogP contribution < -0.4 is 0 Å². The topological polar surface area (TPSA) is 54.4 Å². The Hall–Kier alpha value is -1.45. The van der Waals surface area contributed by atoms with E-state index in [2.05, 4.69) is 13.5 Å². The standard InChI is InChI=1S/C20H25FO3/c1-10-8-11-12(19(2)7-5-15(22)17(23)16(10)19)4-6-20(3)13(11)9-14(21)18(20)24/h11-14,23H,1,4-9H2,2-3H3/t11-,12+,13+,14+,19-,20+/m1/s1. The SMILES string of the molecule is C=C1C[C@@H]2[C@H](CC[C@]3(C)C(=O)[C@@H](F)C[C@@H]23)[C@@]2(C)CCC(=O)C(O)=C12. The maximum absolute atomic E-state index is 14.2. The second-order valence-corrected chi connectivity index (χ2v) is 8.77. The summed E-state index contributed by atoms with van der Waals surface area (Å²) in [5, 5.41) is 10.4. The van der Waals surface area contributed by atoms with Crippen LogP contribution in [0.3, 0.4) is 0 Å². The van der Waals surface area contributed by atoms with Crippen LogP contribution in [0.5, 0.6) is 0 Å². The molecule has 3 fully saturated rings. The van der Waals surface area contributed by atoms with Crippen LogP contribution in [0.15, 0.2) is 23.5 Å². The predicted octanol–water partition coefficient (Wildman–Crippen LogP) is 4.09. The second kappa shape index (κ2) is 4.80. The van der Waals surface area contributed by atoms with E-state index in [9.17, 15) is 19.1 Å². The number of allylic oxidation sites excluding steroid dienone is 2. The van der Waals surface area contributed by atoms with Crippen molar-refractivity contribution in [3.05, 3.63) is 23.5 Å². The molecule has 0 saturated heterocycles. The van der Waals surface area contributed by atoms with Crippen molar-refractivity contribution in [2.75, 3.05) is 0 Å². The Labute approximate surface area is 142 Å². The lowest BCUT2D eigenvalue weighted by atomic mass is 9.46. The third-order valence-corrected chi connectivity index (χ3v) is 7.73. The molecule has 6 atom stereocenters. The maximum Gasteiger partial charge on any atom is 0.197 e. The van der Waals surface area contributed by atoms with Gasteiger partial charge in [0.15, 0.2) is 23.5 Å². The lowest BCUT2D eigenvalue weighted by Gasteiger charge is -2.57. The van der Waals surface area contributed by atoms with E-state index in [1.54, 1.807) is 0 Å². The molecule has 0 heterocycles. The minimum absolute atomic E-state index is 0.0497. The zero-order valence-corrected chi connectivity index (χ0v) is 14.4. The number of halogens is 1. The summed E-state index contributed by atoms with van der Waals surface area (Å²) < 4.78 is 14.2. The molecule has 0 aromatic rings. The van der Waals surface area contributed by atoms with Crippen LogP contribution in [-0.2, 0) is 9.59 Å². The van der Waals surface area contributed by atoms with Crippen molar-refractivity contribution in [3.63, 3.8) is 0 Å². The Bertz CT molecular complexity index is 693. The molecule has 3 nitrogen and oxygen atoms in total. The number of Topliss-reactive ketones (excluding diaryl/α,β-unsaturated/α-hetero) is 2. The number of carbonyl (C=O) groups excluding carboxylic acids is 2. The molecule has 24 heavy (non-hydrogen) atoms. The molecule has 4 aliphatic carbocycles. The molecule has 0 aromatic carbocycles. The molecule has 0 amide bonds. The summed E-state index contributed by atoms with van der Waals surface area (Å²) >= 11 is 0. The monoisotopic (exact) mass is 332 g/mol. The molecule has 4 rings (SSSR count). The quantitative estimate of drug-likeness (QED) is 0.727. The molecule has 0 bridgehead atoms. The fourth-order valence-corrected chi connectivity index (χ4v) is 6.47. The first kappa shape index (κ1) is 16.0. The van der Waals surface area contributed by atoms with Gasteiger partial charge in [-0.05, 0) is 55.4 Å². The number of carbonyl (C=O) groups is 2. The highest BCUT2D eigenvalue weighted by molar-refractivity contribution is 5.96. The van der Waals surface area contributed by atoms with Crippen LogP contribution in [0.2, 0.25) is 0 Å². The summed E-state index contributed by atoms with van der Waals surface area (Å²) in [4.78, 5) is 24.4. The maximum atomic E-state index is 14.2. The highest BCUT2D eigenvalue weighted by Crippen LogP contribution is 2.65. The highest BCUT2D eigenvalue weighted by atomic mass is 19.1. The minimum Gasteiger partial charge on any atom is -0.504 e. The van der Waals surface area contributed by atoms with Gasteiger partial charge in [0.1, 0.15) is 0 Å². The minimum atomic E-state index is -1.34. The molecule has 1 N–H and O–H groups in total. The Kier molecular flexibility index (Phi) is 3.21. The van der Waals surface area contributed by atoms with E-state index in [0.717, 1.165) is 17.6 Å². The lowest BCUT2D eigenvalue weighted by Crippen LogP contribution is -2.51. The molecule has 130 valence electrons. The molecule has 3 saturated carbocycles. The molecule has 0 spiro atoms. The van der Waals surface area contributed by atoms with E-state index < -0.39 is 11.6 Å². The van der Waals surface area contributed by atoms with Crippen LogP contribution >= 0.6 is 0 Å². The molecule has 4 aliphatic rings. The molecular weight excluding hydrogens is 307 g/mol. The van der Waals surface area contributed by atoms with Crippen molar-refractivity contribution in [2.24, 2.45) is 28.6 Å². The molecular formula is C20H25FO3. The number of alkyl halides is 1. The van der Waals surface area contributed by atoms with Gasteiger partial charge in [0.05, 0.1) is 0 Å².